The van der Waals surface area contributed by atoms with Gasteiger partial charge in [-0.25, -0.2) is 9.97 Å². The Labute approximate surface area is 224 Å². The Bertz CT molecular complexity index is 1640. The molecule has 3 aromatic heterocycles. The fourth-order valence-electron chi connectivity index (χ4n) is 4.14. The van der Waals surface area contributed by atoms with Crippen molar-refractivity contribution in [3.63, 3.8) is 0 Å². The van der Waals surface area contributed by atoms with E-state index in [0.29, 0.717) is 38.9 Å². The zero-order valence-electron chi connectivity index (χ0n) is 21.0. The highest BCUT2D eigenvalue weighted by atomic mass is 35.5. The van der Waals surface area contributed by atoms with Crippen LogP contribution in [0.15, 0.2) is 66.9 Å². The maximum Gasteiger partial charge on any atom is 0.274 e. The molecular weight excluding hydrogens is 502 g/mol. The number of aliphatic hydroxyl groups is 1. The molecule has 5 aromatic rings. The molecule has 0 radical (unpaired) electrons. The van der Waals surface area contributed by atoms with Crippen LogP contribution in [-0.2, 0) is 5.60 Å². The number of nitrogen functional groups attached to an aromatic ring is 1. The fraction of sp³-hybridized carbons (Fsp3) is 0.179. The number of aromatic nitrogens is 5. The molecule has 0 saturated heterocycles. The third-order valence-electron chi connectivity index (χ3n) is 6.15. The van der Waals surface area contributed by atoms with Crippen molar-refractivity contribution in [1.82, 2.24) is 30.5 Å². The van der Waals surface area contributed by atoms with Gasteiger partial charge in [-0.2, -0.15) is 5.10 Å². The molecule has 0 aliphatic carbocycles. The lowest BCUT2D eigenvalue weighted by atomic mass is 10.0. The van der Waals surface area contributed by atoms with Crippen molar-refractivity contribution in [3.05, 3.63) is 89.0 Å². The second kappa shape index (κ2) is 9.85. The first-order valence-corrected chi connectivity index (χ1v) is 12.4. The molecule has 5 rings (SSSR count). The maximum absolute atomic E-state index is 13.4. The third-order valence-corrected chi connectivity index (χ3v) is 6.45. The Morgan fingerprint density at radius 3 is 2.50 bits per heavy atom. The van der Waals surface area contributed by atoms with Crippen molar-refractivity contribution in [2.24, 2.45) is 0 Å². The first-order chi connectivity index (χ1) is 18.1. The summed E-state index contributed by atoms with van der Waals surface area (Å²) < 4.78 is 0. The van der Waals surface area contributed by atoms with Crippen molar-refractivity contribution >= 4 is 34.2 Å². The summed E-state index contributed by atoms with van der Waals surface area (Å²) in [4.78, 5) is 27.2. The second-order valence-electron chi connectivity index (χ2n) is 9.51. The lowest BCUT2D eigenvalue weighted by Crippen LogP contribution is -2.30. The van der Waals surface area contributed by atoms with Crippen LogP contribution in [0.4, 0.5) is 5.82 Å². The number of amides is 1. The first kappa shape index (κ1) is 25.3. The van der Waals surface area contributed by atoms with E-state index in [0.717, 1.165) is 10.9 Å². The van der Waals surface area contributed by atoms with E-state index in [1.165, 1.54) is 0 Å². The number of hydrogen-bond donors (Lipinski definition) is 4. The molecule has 38 heavy (non-hydrogen) atoms. The number of hydrogen-bond acceptors (Lipinski definition) is 7. The van der Waals surface area contributed by atoms with Crippen molar-refractivity contribution in [1.29, 1.82) is 0 Å². The van der Waals surface area contributed by atoms with Crippen LogP contribution in [0.2, 0.25) is 5.02 Å². The zero-order valence-corrected chi connectivity index (χ0v) is 21.8. The molecule has 1 atom stereocenters. The quantitative estimate of drug-likeness (QED) is 0.242. The molecule has 9 nitrogen and oxygen atoms in total. The summed E-state index contributed by atoms with van der Waals surface area (Å²) >= 11 is 6.52. The number of carbonyl (C=O) groups excluding carboxylic acids is 1. The summed E-state index contributed by atoms with van der Waals surface area (Å²) in [5, 5.41) is 21.4. The van der Waals surface area contributed by atoms with Gasteiger partial charge >= 0.3 is 0 Å². The molecule has 0 spiro atoms. The van der Waals surface area contributed by atoms with E-state index >= 15 is 0 Å². The third kappa shape index (κ3) is 4.93. The molecule has 0 saturated carbocycles. The van der Waals surface area contributed by atoms with E-state index in [2.05, 4.69) is 25.5 Å². The van der Waals surface area contributed by atoms with Crippen LogP contribution in [0.25, 0.3) is 33.4 Å². The van der Waals surface area contributed by atoms with Gasteiger partial charge in [-0.05, 0) is 45.0 Å². The van der Waals surface area contributed by atoms with Crippen LogP contribution >= 0.6 is 11.6 Å². The van der Waals surface area contributed by atoms with E-state index in [1.54, 1.807) is 51.2 Å². The van der Waals surface area contributed by atoms with Gasteiger partial charge in [0.05, 0.1) is 45.6 Å². The van der Waals surface area contributed by atoms with Gasteiger partial charge in [-0.15, -0.1) is 0 Å². The average molecular weight is 528 g/mol. The van der Waals surface area contributed by atoms with Crippen LogP contribution in [0.3, 0.4) is 0 Å². The van der Waals surface area contributed by atoms with Gasteiger partial charge in [-0.1, -0.05) is 48.0 Å². The fourth-order valence-corrected chi connectivity index (χ4v) is 4.41. The lowest BCUT2D eigenvalue weighted by molar-refractivity contribution is 0.0735. The van der Waals surface area contributed by atoms with Gasteiger partial charge in [0.1, 0.15) is 5.60 Å². The van der Waals surface area contributed by atoms with Crippen molar-refractivity contribution in [2.75, 3.05) is 5.73 Å². The minimum Gasteiger partial charge on any atom is -0.384 e. The smallest absolute Gasteiger partial charge is 0.274 e. The van der Waals surface area contributed by atoms with E-state index in [4.69, 9.17) is 22.3 Å². The molecule has 3 heterocycles. The minimum absolute atomic E-state index is 0.00834. The Morgan fingerprint density at radius 1 is 1.03 bits per heavy atom. The molecule has 0 aliphatic rings. The Morgan fingerprint density at radius 2 is 1.76 bits per heavy atom. The number of H-pyrrole nitrogens is 1. The van der Waals surface area contributed by atoms with E-state index in [-0.39, 0.29) is 11.5 Å². The number of carbonyl (C=O) groups is 1. The summed E-state index contributed by atoms with van der Waals surface area (Å²) in [7, 11) is 0. The van der Waals surface area contributed by atoms with Gasteiger partial charge in [-0.3, -0.25) is 14.9 Å². The number of nitrogens with zero attached hydrogens (tertiary/aromatic N) is 4. The molecule has 1 amide bonds. The highest BCUT2D eigenvalue weighted by molar-refractivity contribution is 6.35. The van der Waals surface area contributed by atoms with Gasteiger partial charge in [0.15, 0.2) is 11.5 Å². The number of fused-ring (bicyclic) bond motifs is 1. The number of nitrogens with two attached hydrogens (primary N) is 1. The van der Waals surface area contributed by atoms with E-state index in [9.17, 15) is 9.90 Å². The molecule has 0 aliphatic heterocycles. The highest BCUT2D eigenvalue weighted by Crippen LogP contribution is 2.35. The summed E-state index contributed by atoms with van der Waals surface area (Å²) in [6, 6.07) is 17.9. The number of anilines is 1. The second-order valence-corrected chi connectivity index (χ2v) is 9.92. The summed E-state index contributed by atoms with van der Waals surface area (Å²) in [5.41, 5.74) is 9.36. The number of halogens is 1. The number of benzene rings is 2. The maximum atomic E-state index is 13.4. The van der Waals surface area contributed by atoms with E-state index in [1.807, 2.05) is 36.4 Å². The summed E-state index contributed by atoms with van der Waals surface area (Å²) in [6.45, 7) is 5.10. The average Bonchev–Trinajstić information content (AvgIpc) is 3.38. The first-order valence-electron chi connectivity index (χ1n) is 12.0. The van der Waals surface area contributed by atoms with Crippen molar-refractivity contribution < 1.29 is 9.90 Å². The van der Waals surface area contributed by atoms with Gasteiger partial charge in [0, 0.05) is 16.5 Å². The number of aromatic amines is 1. The van der Waals surface area contributed by atoms with Gasteiger partial charge in [0.25, 0.3) is 5.91 Å². The van der Waals surface area contributed by atoms with Crippen LogP contribution in [0, 0.1) is 0 Å². The largest absolute Gasteiger partial charge is 0.384 e. The van der Waals surface area contributed by atoms with Crippen molar-refractivity contribution in [3.8, 4) is 22.5 Å². The standard InChI is InChI=1S/C28H26ClN7O2/c1-15(20-10-7-11-21(33-20)28(2,3)38)32-27(37)25-26(30)35-23(16-8-5-4-6-9-16)24(34-25)17-12-18-14-31-36-22(18)19(29)13-17/h4-15,38H,1-3H3,(H2,30,35)(H,31,36)(H,32,37). The van der Waals surface area contributed by atoms with Gasteiger partial charge in [0.2, 0.25) is 0 Å². The van der Waals surface area contributed by atoms with Crippen LogP contribution in [0.1, 0.15) is 48.7 Å². The number of nitrogens with one attached hydrogen (secondary N) is 2. The predicted molar refractivity (Wildman–Crippen MR) is 147 cm³/mol. The van der Waals surface area contributed by atoms with E-state index < -0.39 is 17.6 Å². The molecule has 0 bridgehead atoms. The molecule has 0 fully saturated rings. The number of pyridine rings is 1. The van der Waals surface area contributed by atoms with Crippen LogP contribution in [0.5, 0.6) is 0 Å². The normalized spacial score (nSPS) is 12.4. The predicted octanol–water partition coefficient (Wildman–Crippen LogP) is 5.04. The molecule has 10 heteroatoms. The lowest BCUT2D eigenvalue weighted by Gasteiger charge is -2.20. The zero-order chi connectivity index (χ0) is 27.0. The Kier molecular flexibility index (Phi) is 6.56. The van der Waals surface area contributed by atoms with Crippen LogP contribution < -0.4 is 11.1 Å². The Hall–Kier alpha value is -4.34. The molecule has 192 valence electrons. The molecular formula is C28H26ClN7O2. The number of rotatable bonds is 6. The minimum atomic E-state index is -1.12. The SMILES string of the molecule is CC(NC(=O)c1nc(-c2cc(Cl)c3[nH]ncc3c2)c(-c2ccccc2)nc1N)c1cccc(C(C)(C)O)n1. The highest BCUT2D eigenvalue weighted by Gasteiger charge is 2.24. The Balaban J connectivity index is 1.56. The monoisotopic (exact) mass is 527 g/mol. The topological polar surface area (TPSA) is 143 Å². The summed E-state index contributed by atoms with van der Waals surface area (Å²) in [5.74, 6) is -0.514. The summed E-state index contributed by atoms with van der Waals surface area (Å²) in [6.07, 6.45) is 1.67. The molecule has 5 N–H and O–H groups in total. The molecule has 2 aromatic carbocycles. The van der Waals surface area contributed by atoms with Gasteiger partial charge < -0.3 is 16.2 Å². The molecule has 1 unspecified atom stereocenters. The van der Waals surface area contributed by atoms with Crippen molar-refractivity contribution in [2.45, 2.75) is 32.4 Å². The van der Waals surface area contributed by atoms with Crippen LogP contribution in [-0.4, -0.2) is 36.2 Å².